The van der Waals surface area contributed by atoms with Crippen LogP contribution in [0, 0.1) is 11.8 Å². The second-order valence-electron chi connectivity index (χ2n) is 6.31. The summed E-state index contributed by atoms with van der Waals surface area (Å²) in [5.74, 6) is 1.09. The van der Waals surface area contributed by atoms with Gasteiger partial charge in [-0.2, -0.15) is 0 Å². The lowest BCUT2D eigenvalue weighted by atomic mass is 10.00. The van der Waals surface area contributed by atoms with E-state index in [2.05, 4.69) is 12.2 Å². The van der Waals surface area contributed by atoms with Gasteiger partial charge in [0, 0.05) is 19.0 Å². The van der Waals surface area contributed by atoms with Gasteiger partial charge in [-0.1, -0.05) is 33.6 Å². The highest BCUT2D eigenvalue weighted by Gasteiger charge is 2.36. The third-order valence-corrected chi connectivity index (χ3v) is 4.33. The van der Waals surface area contributed by atoms with E-state index in [0.29, 0.717) is 19.0 Å². The van der Waals surface area contributed by atoms with Gasteiger partial charge in [0.2, 0.25) is 11.8 Å². The molecule has 2 fully saturated rings. The van der Waals surface area contributed by atoms with E-state index >= 15 is 0 Å². The largest absolute Gasteiger partial charge is 0.344 e. The summed E-state index contributed by atoms with van der Waals surface area (Å²) in [5.41, 5.74) is 0. The van der Waals surface area contributed by atoms with E-state index in [9.17, 15) is 9.59 Å². The van der Waals surface area contributed by atoms with Gasteiger partial charge in [0.1, 0.15) is 6.04 Å². The van der Waals surface area contributed by atoms with Gasteiger partial charge in [-0.05, 0) is 24.7 Å². The summed E-state index contributed by atoms with van der Waals surface area (Å²) in [6.07, 6.45) is 5.16. The Morgan fingerprint density at radius 3 is 2.53 bits per heavy atom. The third-order valence-electron chi connectivity index (χ3n) is 4.33. The van der Waals surface area contributed by atoms with Crippen LogP contribution < -0.4 is 5.32 Å². The molecule has 1 aliphatic carbocycles. The number of nitrogens with zero attached hydrogens (tertiary/aromatic N) is 1. The zero-order valence-electron chi connectivity index (χ0n) is 12.3. The predicted octanol–water partition coefficient (Wildman–Crippen LogP) is 1.94. The molecule has 1 N–H and O–H groups in total. The van der Waals surface area contributed by atoms with Crippen LogP contribution in [0.1, 0.15) is 52.9 Å². The minimum Gasteiger partial charge on any atom is -0.344 e. The summed E-state index contributed by atoms with van der Waals surface area (Å²) in [4.78, 5) is 26.4. The lowest BCUT2D eigenvalue weighted by Gasteiger charge is -2.33. The smallest absolute Gasteiger partial charge is 0.245 e. The maximum Gasteiger partial charge on any atom is 0.245 e. The van der Waals surface area contributed by atoms with Crippen LogP contribution in [0.25, 0.3) is 0 Å². The van der Waals surface area contributed by atoms with E-state index in [1.807, 2.05) is 18.7 Å². The summed E-state index contributed by atoms with van der Waals surface area (Å²) in [5, 5.41) is 2.88. The molecule has 1 saturated carbocycles. The second-order valence-corrected chi connectivity index (χ2v) is 6.31. The molecular weight excluding hydrogens is 240 g/mol. The molecule has 108 valence electrons. The Morgan fingerprint density at radius 2 is 2.00 bits per heavy atom. The fourth-order valence-corrected chi connectivity index (χ4v) is 2.89. The maximum absolute atomic E-state index is 12.6. The number of hydrogen-bond donors (Lipinski definition) is 1. The molecule has 0 aromatic rings. The highest BCUT2D eigenvalue weighted by molar-refractivity contribution is 5.90. The minimum atomic E-state index is -0.344. The van der Waals surface area contributed by atoms with Crippen molar-refractivity contribution in [2.45, 2.75) is 65.0 Å². The highest BCUT2D eigenvalue weighted by atomic mass is 16.2. The number of hydrogen-bond acceptors (Lipinski definition) is 2. The standard InChI is InChI=1S/C15H26N2O2/c1-4-12(9-11-5-6-11)17-8-7-13(18)16-14(10(2)3)15(17)19/h10-12,14H,4-9H2,1-3H3,(H,16,18). The monoisotopic (exact) mass is 266 g/mol. The summed E-state index contributed by atoms with van der Waals surface area (Å²) in [6.45, 7) is 6.71. The van der Waals surface area contributed by atoms with Crippen LogP contribution in [0.5, 0.6) is 0 Å². The number of carbonyl (C=O) groups excluding carboxylic acids is 2. The van der Waals surface area contributed by atoms with Crippen molar-refractivity contribution in [3.63, 3.8) is 0 Å². The first-order chi connectivity index (χ1) is 9.02. The van der Waals surface area contributed by atoms with E-state index in [1.54, 1.807) is 0 Å². The zero-order chi connectivity index (χ0) is 14.0. The van der Waals surface area contributed by atoms with Gasteiger partial charge in [0.25, 0.3) is 0 Å². The molecule has 2 unspecified atom stereocenters. The van der Waals surface area contributed by atoms with Crippen molar-refractivity contribution in [2.24, 2.45) is 11.8 Å². The van der Waals surface area contributed by atoms with Crippen molar-refractivity contribution in [1.82, 2.24) is 10.2 Å². The molecular formula is C15H26N2O2. The van der Waals surface area contributed by atoms with Crippen molar-refractivity contribution in [3.8, 4) is 0 Å². The molecule has 0 bridgehead atoms. The summed E-state index contributed by atoms with van der Waals surface area (Å²) >= 11 is 0. The Labute approximate surface area is 115 Å². The van der Waals surface area contributed by atoms with Gasteiger partial charge in [0.15, 0.2) is 0 Å². The third kappa shape index (κ3) is 3.48. The Kier molecular flexibility index (Phi) is 4.48. The normalized spacial score (nSPS) is 26.3. The van der Waals surface area contributed by atoms with Crippen molar-refractivity contribution in [2.75, 3.05) is 6.54 Å². The van der Waals surface area contributed by atoms with Gasteiger partial charge < -0.3 is 10.2 Å². The molecule has 19 heavy (non-hydrogen) atoms. The number of amides is 2. The van der Waals surface area contributed by atoms with Crippen molar-refractivity contribution < 1.29 is 9.59 Å². The van der Waals surface area contributed by atoms with Crippen LogP contribution in [0.3, 0.4) is 0 Å². The molecule has 4 nitrogen and oxygen atoms in total. The summed E-state index contributed by atoms with van der Waals surface area (Å²) in [6, 6.07) is -0.0304. The van der Waals surface area contributed by atoms with Crippen LogP contribution in [0.4, 0.5) is 0 Å². The van der Waals surface area contributed by atoms with E-state index in [-0.39, 0.29) is 23.8 Å². The molecule has 4 heteroatoms. The zero-order valence-corrected chi connectivity index (χ0v) is 12.3. The van der Waals surface area contributed by atoms with Gasteiger partial charge in [-0.3, -0.25) is 9.59 Å². The lowest BCUT2D eigenvalue weighted by molar-refractivity contribution is -0.137. The Bertz CT molecular complexity index is 350. The van der Waals surface area contributed by atoms with Crippen LogP contribution in [-0.4, -0.2) is 35.3 Å². The minimum absolute atomic E-state index is 0.0100. The Morgan fingerprint density at radius 1 is 1.32 bits per heavy atom. The highest BCUT2D eigenvalue weighted by Crippen LogP contribution is 2.35. The second kappa shape index (κ2) is 5.93. The molecule has 1 aliphatic heterocycles. The number of carbonyl (C=O) groups is 2. The molecule has 2 amide bonds. The maximum atomic E-state index is 12.6. The average Bonchev–Trinajstić information content (AvgIpc) is 3.17. The molecule has 0 radical (unpaired) electrons. The number of nitrogens with one attached hydrogen (secondary N) is 1. The molecule has 0 spiro atoms. The summed E-state index contributed by atoms with van der Waals surface area (Å²) in [7, 11) is 0. The first-order valence-electron chi connectivity index (χ1n) is 7.62. The van der Waals surface area contributed by atoms with Gasteiger partial charge in [-0.15, -0.1) is 0 Å². The molecule has 0 aromatic heterocycles. The SMILES string of the molecule is CCC(CC1CC1)N1CCC(=O)NC(C(C)C)C1=O. The van der Waals surface area contributed by atoms with Gasteiger partial charge in [0.05, 0.1) is 0 Å². The molecule has 1 heterocycles. The van der Waals surface area contributed by atoms with Crippen molar-refractivity contribution in [1.29, 1.82) is 0 Å². The quantitative estimate of drug-likeness (QED) is 0.826. The molecule has 2 aliphatic rings. The fraction of sp³-hybridized carbons (Fsp3) is 0.867. The molecule has 2 rings (SSSR count). The van der Waals surface area contributed by atoms with E-state index in [0.717, 1.165) is 18.8 Å². The van der Waals surface area contributed by atoms with Crippen molar-refractivity contribution in [3.05, 3.63) is 0 Å². The Hall–Kier alpha value is -1.06. The van der Waals surface area contributed by atoms with Gasteiger partial charge in [-0.25, -0.2) is 0 Å². The van der Waals surface area contributed by atoms with E-state index < -0.39 is 0 Å². The summed E-state index contributed by atoms with van der Waals surface area (Å²) < 4.78 is 0. The number of rotatable bonds is 5. The van der Waals surface area contributed by atoms with Crippen LogP contribution in [-0.2, 0) is 9.59 Å². The van der Waals surface area contributed by atoms with Gasteiger partial charge >= 0.3 is 0 Å². The first-order valence-corrected chi connectivity index (χ1v) is 7.62. The average molecular weight is 266 g/mol. The van der Waals surface area contributed by atoms with Crippen LogP contribution >= 0.6 is 0 Å². The molecule has 1 saturated heterocycles. The van der Waals surface area contributed by atoms with E-state index in [1.165, 1.54) is 12.8 Å². The first kappa shape index (κ1) is 14.4. The van der Waals surface area contributed by atoms with Crippen LogP contribution in [0.2, 0.25) is 0 Å². The lowest BCUT2D eigenvalue weighted by Crippen LogP contribution is -2.50. The molecule has 2 atom stereocenters. The predicted molar refractivity (Wildman–Crippen MR) is 74.5 cm³/mol. The van der Waals surface area contributed by atoms with E-state index in [4.69, 9.17) is 0 Å². The topological polar surface area (TPSA) is 49.4 Å². The van der Waals surface area contributed by atoms with Crippen molar-refractivity contribution >= 4 is 11.8 Å². The fourth-order valence-electron chi connectivity index (χ4n) is 2.89. The van der Waals surface area contributed by atoms with Crippen LogP contribution in [0.15, 0.2) is 0 Å². The molecule has 0 aromatic carbocycles. The Balaban J connectivity index is 2.11.